The smallest absolute Gasteiger partial charge is 0.137 e. The first kappa shape index (κ1) is 12.8. The topological polar surface area (TPSA) is 17.3 Å². The Morgan fingerprint density at radius 3 is 2.69 bits per heavy atom. The summed E-state index contributed by atoms with van der Waals surface area (Å²) in [6.45, 7) is 8.32. The molecule has 0 saturated carbocycles. The molecule has 0 spiro atoms. The van der Waals surface area contributed by atoms with Gasteiger partial charge in [-0.1, -0.05) is 33.3 Å². The van der Waals surface area contributed by atoms with Crippen molar-refractivity contribution in [1.29, 1.82) is 0 Å². The molecule has 2 nitrogen and oxygen atoms in total. The van der Waals surface area contributed by atoms with Crippen LogP contribution < -0.4 is 0 Å². The monoisotopic (exact) mass is 218 g/mol. The number of hydrogen-bond donors (Lipinski definition) is 0. The molecule has 0 aromatic carbocycles. The molecule has 0 aliphatic carbocycles. The van der Waals surface area contributed by atoms with Crippen LogP contribution >= 0.6 is 0 Å². The Bertz CT molecular complexity index is 429. The number of fused-ring (bicyclic) bond motifs is 1. The van der Waals surface area contributed by atoms with Crippen molar-refractivity contribution in [2.24, 2.45) is 0 Å². The summed E-state index contributed by atoms with van der Waals surface area (Å²) in [4.78, 5) is 4.53. The van der Waals surface area contributed by atoms with Gasteiger partial charge in [0.1, 0.15) is 5.65 Å². The predicted molar refractivity (Wildman–Crippen MR) is 69.9 cm³/mol. The van der Waals surface area contributed by atoms with Gasteiger partial charge in [-0.25, -0.2) is 4.98 Å². The first-order chi connectivity index (χ1) is 7.83. The number of imidazole rings is 1. The van der Waals surface area contributed by atoms with Crippen LogP contribution in [0.2, 0.25) is 0 Å². The van der Waals surface area contributed by atoms with Crippen LogP contribution in [-0.2, 0) is 6.42 Å². The van der Waals surface area contributed by atoms with Gasteiger partial charge in [0.05, 0.1) is 5.69 Å². The molecule has 2 heterocycles. The van der Waals surface area contributed by atoms with Crippen LogP contribution in [0.25, 0.3) is 5.65 Å². The zero-order valence-corrected chi connectivity index (χ0v) is 10.8. The molecule has 2 aromatic heterocycles. The molecule has 16 heavy (non-hydrogen) atoms. The van der Waals surface area contributed by atoms with Gasteiger partial charge < -0.3 is 4.40 Å². The van der Waals surface area contributed by atoms with Crippen LogP contribution in [0.3, 0.4) is 0 Å². The molecule has 0 N–H and O–H groups in total. The van der Waals surface area contributed by atoms with Crippen molar-refractivity contribution in [3.8, 4) is 0 Å². The van der Waals surface area contributed by atoms with Crippen molar-refractivity contribution in [3.63, 3.8) is 0 Å². The molecule has 0 atom stereocenters. The molecule has 0 saturated heterocycles. The Kier molecular flexibility index (Phi) is 5.03. The van der Waals surface area contributed by atoms with E-state index in [1.54, 1.807) is 0 Å². The first-order valence-corrected chi connectivity index (χ1v) is 6.25. The van der Waals surface area contributed by atoms with Crippen molar-refractivity contribution in [1.82, 2.24) is 9.38 Å². The van der Waals surface area contributed by atoms with E-state index < -0.39 is 0 Å². The highest BCUT2D eigenvalue weighted by atomic mass is 15.0. The first-order valence-electron chi connectivity index (χ1n) is 6.25. The standard InChI is InChI=1S/C12H16N2.C2H6/c1-3-4-7-11-10(2)13-12-8-5-6-9-14(11)12;1-2/h5-6,8-9H,3-4,7H2,1-2H3;1-2H3. The zero-order chi connectivity index (χ0) is 12.0. The highest BCUT2D eigenvalue weighted by molar-refractivity contribution is 5.42. The summed E-state index contributed by atoms with van der Waals surface area (Å²) in [6, 6.07) is 6.15. The van der Waals surface area contributed by atoms with E-state index in [0.717, 1.165) is 12.1 Å². The molecule has 2 rings (SSSR count). The van der Waals surface area contributed by atoms with E-state index in [0.29, 0.717) is 0 Å². The molecule has 2 heteroatoms. The summed E-state index contributed by atoms with van der Waals surface area (Å²) >= 11 is 0. The van der Waals surface area contributed by atoms with Crippen LogP contribution in [0.4, 0.5) is 0 Å². The molecule has 0 aliphatic rings. The van der Waals surface area contributed by atoms with E-state index in [1.165, 1.54) is 24.2 Å². The maximum atomic E-state index is 4.53. The zero-order valence-electron chi connectivity index (χ0n) is 10.8. The van der Waals surface area contributed by atoms with E-state index in [9.17, 15) is 0 Å². The van der Waals surface area contributed by atoms with Crippen molar-refractivity contribution in [2.45, 2.75) is 47.0 Å². The van der Waals surface area contributed by atoms with E-state index >= 15 is 0 Å². The number of rotatable bonds is 3. The molecule has 0 unspecified atom stereocenters. The lowest BCUT2D eigenvalue weighted by atomic mass is 10.2. The van der Waals surface area contributed by atoms with Gasteiger partial charge in [-0.05, 0) is 31.9 Å². The van der Waals surface area contributed by atoms with Gasteiger partial charge in [-0.15, -0.1) is 0 Å². The van der Waals surface area contributed by atoms with Gasteiger partial charge in [0, 0.05) is 11.9 Å². The van der Waals surface area contributed by atoms with Gasteiger partial charge in [-0.2, -0.15) is 0 Å². The fourth-order valence-corrected chi connectivity index (χ4v) is 1.81. The molecule has 0 fully saturated rings. The Labute approximate surface area is 98.3 Å². The third kappa shape index (κ3) is 2.63. The van der Waals surface area contributed by atoms with E-state index in [1.807, 2.05) is 19.9 Å². The van der Waals surface area contributed by atoms with Crippen LogP contribution in [0, 0.1) is 6.92 Å². The Morgan fingerprint density at radius 2 is 2.00 bits per heavy atom. The Morgan fingerprint density at radius 1 is 1.25 bits per heavy atom. The summed E-state index contributed by atoms with van der Waals surface area (Å²) in [5, 5.41) is 0. The minimum Gasteiger partial charge on any atom is -0.304 e. The van der Waals surface area contributed by atoms with Crippen molar-refractivity contribution in [3.05, 3.63) is 35.8 Å². The number of pyridine rings is 1. The fourth-order valence-electron chi connectivity index (χ4n) is 1.81. The third-order valence-electron chi connectivity index (χ3n) is 2.60. The van der Waals surface area contributed by atoms with Crippen LogP contribution in [0.1, 0.15) is 45.0 Å². The predicted octanol–water partition coefficient (Wildman–Crippen LogP) is 4.01. The maximum Gasteiger partial charge on any atom is 0.137 e. The second-order valence-electron chi connectivity index (χ2n) is 3.68. The Balaban J connectivity index is 0.000000606. The SMILES string of the molecule is CC.CCCCc1c(C)nc2ccccn12. The normalized spacial score (nSPS) is 10.0. The summed E-state index contributed by atoms with van der Waals surface area (Å²) in [5.41, 5.74) is 3.60. The summed E-state index contributed by atoms with van der Waals surface area (Å²) in [6.07, 6.45) is 5.71. The van der Waals surface area contributed by atoms with Gasteiger partial charge in [0.25, 0.3) is 0 Å². The van der Waals surface area contributed by atoms with Crippen LogP contribution in [0.5, 0.6) is 0 Å². The largest absolute Gasteiger partial charge is 0.304 e. The highest BCUT2D eigenvalue weighted by Gasteiger charge is 2.06. The number of aryl methyl sites for hydroxylation is 2. The van der Waals surface area contributed by atoms with Crippen LogP contribution in [-0.4, -0.2) is 9.38 Å². The van der Waals surface area contributed by atoms with E-state index in [2.05, 4.69) is 41.6 Å². The lowest BCUT2D eigenvalue weighted by molar-refractivity contribution is 0.765. The summed E-state index contributed by atoms with van der Waals surface area (Å²) < 4.78 is 2.20. The van der Waals surface area contributed by atoms with Gasteiger partial charge in [0.15, 0.2) is 0 Å². The molecule has 2 aromatic rings. The molecule has 0 amide bonds. The maximum absolute atomic E-state index is 4.53. The lowest BCUT2D eigenvalue weighted by Gasteiger charge is -2.00. The number of unbranched alkanes of at least 4 members (excludes halogenated alkanes) is 1. The van der Waals surface area contributed by atoms with Crippen molar-refractivity contribution in [2.75, 3.05) is 0 Å². The quantitative estimate of drug-likeness (QED) is 0.760. The van der Waals surface area contributed by atoms with Crippen molar-refractivity contribution >= 4 is 5.65 Å². The average molecular weight is 218 g/mol. The second-order valence-corrected chi connectivity index (χ2v) is 3.68. The third-order valence-corrected chi connectivity index (χ3v) is 2.60. The summed E-state index contributed by atoms with van der Waals surface area (Å²) in [7, 11) is 0. The molecular weight excluding hydrogens is 196 g/mol. The molecule has 88 valence electrons. The molecule has 0 bridgehead atoms. The minimum atomic E-state index is 1.07. The van der Waals surface area contributed by atoms with E-state index in [4.69, 9.17) is 0 Å². The Hall–Kier alpha value is -1.31. The highest BCUT2D eigenvalue weighted by Crippen LogP contribution is 2.13. The van der Waals surface area contributed by atoms with E-state index in [-0.39, 0.29) is 0 Å². The lowest BCUT2D eigenvalue weighted by Crippen LogP contribution is -1.93. The number of nitrogens with zero attached hydrogens (tertiary/aromatic N) is 2. The number of aromatic nitrogens is 2. The fraction of sp³-hybridized carbons (Fsp3) is 0.500. The summed E-state index contributed by atoms with van der Waals surface area (Å²) in [5.74, 6) is 0. The van der Waals surface area contributed by atoms with Gasteiger partial charge in [-0.3, -0.25) is 0 Å². The van der Waals surface area contributed by atoms with Gasteiger partial charge >= 0.3 is 0 Å². The molecular formula is C14H22N2. The van der Waals surface area contributed by atoms with Crippen LogP contribution in [0.15, 0.2) is 24.4 Å². The second kappa shape index (κ2) is 6.31. The molecule has 0 radical (unpaired) electrons. The average Bonchev–Trinajstić information content (AvgIpc) is 2.65. The molecule has 0 aliphatic heterocycles. The van der Waals surface area contributed by atoms with Gasteiger partial charge in [0.2, 0.25) is 0 Å². The minimum absolute atomic E-state index is 1.07. The number of hydrogen-bond acceptors (Lipinski definition) is 1. The van der Waals surface area contributed by atoms with Crippen molar-refractivity contribution < 1.29 is 0 Å².